The van der Waals surface area contributed by atoms with E-state index in [1.165, 1.54) is 30.7 Å². The first-order valence-corrected chi connectivity index (χ1v) is 8.62. The quantitative estimate of drug-likeness (QED) is 0.854. The van der Waals surface area contributed by atoms with Crippen LogP contribution in [0.4, 0.5) is 14.5 Å². The van der Waals surface area contributed by atoms with Crippen LogP contribution in [0.2, 0.25) is 0 Å². The summed E-state index contributed by atoms with van der Waals surface area (Å²) in [4.78, 5) is 16.8. The molecule has 0 atom stereocenters. The van der Waals surface area contributed by atoms with Gasteiger partial charge in [-0.25, -0.2) is 0 Å². The Morgan fingerprint density at radius 2 is 1.96 bits per heavy atom. The van der Waals surface area contributed by atoms with Gasteiger partial charge in [-0.2, -0.15) is 18.6 Å². The van der Waals surface area contributed by atoms with E-state index in [1.54, 1.807) is 4.90 Å². The summed E-state index contributed by atoms with van der Waals surface area (Å²) < 4.78 is 26.5. The maximum atomic E-state index is 13.0. The predicted octanol–water partition coefficient (Wildman–Crippen LogP) is 3.08. The van der Waals surface area contributed by atoms with E-state index < -0.39 is 12.5 Å². The Bertz CT molecular complexity index is 783. The van der Waals surface area contributed by atoms with Crippen LogP contribution >= 0.6 is 0 Å². The molecule has 0 bridgehead atoms. The molecule has 2 aliphatic rings. The van der Waals surface area contributed by atoms with E-state index >= 15 is 0 Å². The molecule has 1 amide bonds. The number of fused-ring (bicyclic) bond motifs is 1. The first kappa shape index (κ1) is 16.2. The molecule has 0 aliphatic carbocycles. The third-order valence-corrected chi connectivity index (χ3v) is 5.04. The summed E-state index contributed by atoms with van der Waals surface area (Å²) in [6.45, 7) is 0.803. The second kappa shape index (κ2) is 6.55. The highest BCUT2D eigenvalue weighted by atomic mass is 19.3. The summed E-state index contributed by atoms with van der Waals surface area (Å²) in [7, 11) is 0. The third-order valence-electron chi connectivity index (χ3n) is 5.04. The summed E-state index contributed by atoms with van der Waals surface area (Å²) in [5, 5.41) is 3.56. The highest BCUT2D eigenvalue weighted by molar-refractivity contribution is 6.06. The fraction of sp³-hybridized carbons (Fsp3) is 0.444. The number of hydrogen-bond donors (Lipinski definition) is 0. The van der Waals surface area contributed by atoms with Crippen molar-refractivity contribution in [1.82, 2.24) is 14.7 Å². The number of benzene rings is 1. The zero-order valence-electron chi connectivity index (χ0n) is 13.9. The number of hydrogen-bond acceptors (Lipinski definition) is 3. The summed E-state index contributed by atoms with van der Waals surface area (Å²) in [5.74, 6) is -0.421. The fourth-order valence-electron chi connectivity index (χ4n) is 3.82. The van der Waals surface area contributed by atoms with E-state index in [2.05, 4.69) is 16.1 Å². The Balaban J connectivity index is 1.61. The topological polar surface area (TPSA) is 41.4 Å². The van der Waals surface area contributed by atoms with Crippen LogP contribution in [0.5, 0.6) is 0 Å². The van der Waals surface area contributed by atoms with Crippen LogP contribution in [-0.4, -0.2) is 40.2 Å². The molecule has 7 heteroatoms. The van der Waals surface area contributed by atoms with Crippen molar-refractivity contribution >= 4 is 11.6 Å². The maximum absolute atomic E-state index is 13.0. The fourth-order valence-corrected chi connectivity index (χ4v) is 3.82. The summed E-state index contributed by atoms with van der Waals surface area (Å²) in [5.41, 5.74) is 3.15. The number of carbonyl (C=O) groups excluding carboxylic acids is 1. The van der Waals surface area contributed by atoms with Crippen LogP contribution in [0.15, 0.2) is 30.5 Å². The van der Waals surface area contributed by atoms with E-state index in [9.17, 15) is 13.6 Å². The Hall–Kier alpha value is -2.28. The lowest BCUT2D eigenvalue weighted by molar-refractivity contribution is 0.0515. The molecule has 0 radical (unpaired) electrons. The molecule has 1 saturated heterocycles. The van der Waals surface area contributed by atoms with Crippen LogP contribution in [0.1, 0.15) is 41.0 Å². The van der Waals surface area contributed by atoms with Gasteiger partial charge in [0.25, 0.3) is 5.91 Å². The van der Waals surface area contributed by atoms with Gasteiger partial charge in [0.15, 0.2) is 0 Å². The van der Waals surface area contributed by atoms with Crippen molar-refractivity contribution in [2.75, 3.05) is 24.5 Å². The Labute approximate surface area is 144 Å². The van der Waals surface area contributed by atoms with E-state index in [0.29, 0.717) is 11.2 Å². The molecule has 25 heavy (non-hydrogen) atoms. The maximum Gasteiger partial charge on any atom is 0.333 e. The number of alkyl halides is 2. The number of anilines is 1. The standard InChI is InChI=1S/C18H20F2N4O/c19-18(20)24-16(6-8-21-24)17(25)23-11-7-14-13(4-3-5-15(14)23)12-22-9-1-2-10-22/h3-6,8,18H,1-2,7,9-12H2. The zero-order chi connectivity index (χ0) is 17.4. The largest absolute Gasteiger partial charge is 0.333 e. The molecule has 1 fully saturated rings. The number of halogens is 2. The molecule has 2 aliphatic heterocycles. The molecule has 4 rings (SSSR count). The highest BCUT2D eigenvalue weighted by Crippen LogP contribution is 2.33. The number of nitrogens with zero attached hydrogens (tertiary/aromatic N) is 4. The Morgan fingerprint density at radius 1 is 1.16 bits per heavy atom. The van der Waals surface area contributed by atoms with Gasteiger partial charge in [-0.1, -0.05) is 12.1 Å². The molecule has 0 N–H and O–H groups in total. The second-order valence-corrected chi connectivity index (χ2v) is 6.54. The lowest BCUT2D eigenvalue weighted by atomic mass is 10.0. The van der Waals surface area contributed by atoms with Crippen LogP contribution < -0.4 is 4.90 Å². The van der Waals surface area contributed by atoms with Crippen LogP contribution in [0.3, 0.4) is 0 Å². The van der Waals surface area contributed by atoms with Gasteiger partial charge >= 0.3 is 6.55 Å². The van der Waals surface area contributed by atoms with Crippen molar-refractivity contribution < 1.29 is 13.6 Å². The minimum absolute atomic E-state index is 0.0761. The molecule has 3 heterocycles. The van der Waals surface area contributed by atoms with Crippen molar-refractivity contribution in [2.45, 2.75) is 32.4 Å². The lowest BCUT2D eigenvalue weighted by Crippen LogP contribution is -2.31. The average Bonchev–Trinajstić information content (AvgIpc) is 3.34. The number of likely N-dealkylation sites (tertiary alicyclic amines) is 1. The molecule has 0 saturated carbocycles. The minimum atomic E-state index is -2.82. The van der Waals surface area contributed by atoms with Crippen molar-refractivity contribution in [3.05, 3.63) is 47.3 Å². The third kappa shape index (κ3) is 2.93. The second-order valence-electron chi connectivity index (χ2n) is 6.54. The lowest BCUT2D eigenvalue weighted by Gasteiger charge is -2.20. The van der Waals surface area contributed by atoms with Gasteiger partial charge in [0.2, 0.25) is 0 Å². The van der Waals surface area contributed by atoms with Crippen LogP contribution in [0, 0.1) is 0 Å². The van der Waals surface area contributed by atoms with Gasteiger partial charge < -0.3 is 4.90 Å². The van der Waals surface area contributed by atoms with Crippen molar-refractivity contribution in [2.24, 2.45) is 0 Å². The van der Waals surface area contributed by atoms with E-state index in [-0.39, 0.29) is 5.69 Å². The van der Waals surface area contributed by atoms with Gasteiger partial charge in [0, 0.05) is 25.0 Å². The zero-order valence-corrected chi connectivity index (χ0v) is 13.9. The Morgan fingerprint density at radius 3 is 2.72 bits per heavy atom. The first-order valence-electron chi connectivity index (χ1n) is 8.62. The molecule has 132 valence electrons. The summed E-state index contributed by atoms with van der Waals surface area (Å²) >= 11 is 0. The molecule has 1 aromatic carbocycles. The van der Waals surface area contributed by atoms with E-state index in [0.717, 1.165) is 37.3 Å². The Kier molecular flexibility index (Phi) is 4.25. The number of aromatic nitrogens is 2. The van der Waals surface area contributed by atoms with Crippen molar-refractivity contribution in [3.63, 3.8) is 0 Å². The van der Waals surface area contributed by atoms with E-state index in [4.69, 9.17) is 0 Å². The molecule has 1 aromatic heterocycles. The normalized spacial score (nSPS) is 17.5. The SMILES string of the molecule is O=C(c1ccnn1C(F)F)N1CCc2c(CN3CCCC3)cccc21. The van der Waals surface area contributed by atoms with Gasteiger partial charge in [-0.15, -0.1) is 0 Å². The summed E-state index contributed by atoms with van der Waals surface area (Å²) in [6, 6.07) is 7.30. The van der Waals surface area contributed by atoms with Crippen molar-refractivity contribution in [1.29, 1.82) is 0 Å². The monoisotopic (exact) mass is 346 g/mol. The number of rotatable bonds is 4. The molecule has 0 unspecified atom stereocenters. The first-order chi connectivity index (χ1) is 12.1. The van der Waals surface area contributed by atoms with Gasteiger partial charge in [0.05, 0.1) is 0 Å². The van der Waals surface area contributed by atoms with Crippen LogP contribution in [0.25, 0.3) is 0 Å². The molecular formula is C18H20F2N4O. The number of amides is 1. The van der Waals surface area contributed by atoms with Gasteiger partial charge in [-0.3, -0.25) is 9.69 Å². The van der Waals surface area contributed by atoms with Gasteiger partial charge in [-0.05, 0) is 55.6 Å². The predicted molar refractivity (Wildman–Crippen MR) is 89.8 cm³/mol. The summed E-state index contributed by atoms with van der Waals surface area (Å²) in [6.07, 6.45) is 4.46. The molecule has 5 nitrogen and oxygen atoms in total. The molecule has 2 aromatic rings. The highest BCUT2D eigenvalue weighted by Gasteiger charge is 2.30. The minimum Gasteiger partial charge on any atom is -0.306 e. The average molecular weight is 346 g/mol. The van der Waals surface area contributed by atoms with Gasteiger partial charge in [0.1, 0.15) is 5.69 Å². The van der Waals surface area contributed by atoms with Crippen LogP contribution in [-0.2, 0) is 13.0 Å². The number of carbonyl (C=O) groups is 1. The van der Waals surface area contributed by atoms with Crippen molar-refractivity contribution in [3.8, 4) is 0 Å². The van der Waals surface area contributed by atoms with E-state index in [1.807, 2.05) is 12.1 Å². The molecule has 0 spiro atoms. The molecular weight excluding hydrogens is 326 g/mol. The smallest absolute Gasteiger partial charge is 0.306 e.